The number of hydrogen-bond donors (Lipinski definition) is 2. The highest BCUT2D eigenvalue weighted by Gasteiger charge is 2.22. The van der Waals surface area contributed by atoms with Crippen molar-refractivity contribution in [1.82, 2.24) is 5.32 Å². The van der Waals surface area contributed by atoms with E-state index in [1.807, 2.05) is 6.92 Å². The molecule has 1 aromatic carbocycles. The van der Waals surface area contributed by atoms with E-state index in [4.69, 9.17) is 14.6 Å². The van der Waals surface area contributed by atoms with Crippen LogP contribution in [-0.4, -0.2) is 37.4 Å². The van der Waals surface area contributed by atoms with Crippen molar-refractivity contribution in [3.8, 4) is 11.5 Å². The van der Waals surface area contributed by atoms with E-state index >= 15 is 0 Å². The van der Waals surface area contributed by atoms with Crippen LogP contribution < -0.4 is 14.8 Å². The Kier molecular flexibility index (Phi) is 4.84. The normalized spacial score (nSPS) is 17.5. The van der Waals surface area contributed by atoms with E-state index < -0.39 is 5.97 Å². The van der Waals surface area contributed by atoms with Gasteiger partial charge in [-0.1, -0.05) is 0 Å². The van der Waals surface area contributed by atoms with Gasteiger partial charge in [-0.15, -0.1) is 0 Å². The van der Waals surface area contributed by atoms with Crippen LogP contribution in [0.3, 0.4) is 0 Å². The highest BCUT2D eigenvalue weighted by Crippen LogP contribution is 2.31. The van der Waals surface area contributed by atoms with Gasteiger partial charge in [0, 0.05) is 0 Å². The first-order valence-electron chi connectivity index (χ1n) is 6.90. The predicted molar refractivity (Wildman–Crippen MR) is 75.6 cm³/mol. The molecular weight excluding hydrogens is 258 g/mol. The van der Waals surface area contributed by atoms with E-state index in [1.54, 1.807) is 13.2 Å². The molecule has 0 aromatic heterocycles. The fourth-order valence-electron chi connectivity index (χ4n) is 2.51. The minimum absolute atomic E-state index is 0.0371. The first-order valence-corrected chi connectivity index (χ1v) is 6.90. The number of methoxy groups -OCH3 is 1. The number of hydrogen-bond acceptors (Lipinski definition) is 4. The van der Waals surface area contributed by atoms with Gasteiger partial charge < -0.3 is 19.9 Å². The van der Waals surface area contributed by atoms with Crippen LogP contribution in [-0.2, 0) is 0 Å². The standard InChI is InChI=1S/C15H21NO4/c1-10(11-5-7-16-8-6-11)20-14-9-12(15(17)18)3-4-13(14)19-2/h3-4,9-11,16H,5-8H2,1-2H3,(H,17,18). The van der Waals surface area contributed by atoms with Gasteiger partial charge in [0.1, 0.15) is 0 Å². The van der Waals surface area contributed by atoms with Crippen LogP contribution in [0.15, 0.2) is 18.2 Å². The Bertz CT molecular complexity index is 469. The zero-order valence-corrected chi connectivity index (χ0v) is 11.9. The van der Waals surface area contributed by atoms with E-state index in [9.17, 15) is 4.79 Å². The average molecular weight is 279 g/mol. The molecule has 0 radical (unpaired) electrons. The summed E-state index contributed by atoms with van der Waals surface area (Å²) in [5.41, 5.74) is 0.207. The molecule has 2 rings (SSSR count). The molecule has 1 heterocycles. The number of carbonyl (C=O) groups is 1. The van der Waals surface area contributed by atoms with Crippen LogP contribution in [0.2, 0.25) is 0 Å². The Hall–Kier alpha value is -1.75. The minimum atomic E-state index is -0.966. The molecule has 1 aromatic rings. The Balaban J connectivity index is 2.13. The maximum atomic E-state index is 11.0. The average Bonchev–Trinajstić information content (AvgIpc) is 2.48. The summed E-state index contributed by atoms with van der Waals surface area (Å²) >= 11 is 0. The first-order chi connectivity index (χ1) is 9.61. The van der Waals surface area contributed by atoms with Crippen molar-refractivity contribution in [2.75, 3.05) is 20.2 Å². The molecule has 0 bridgehead atoms. The molecule has 2 N–H and O–H groups in total. The quantitative estimate of drug-likeness (QED) is 0.864. The zero-order valence-electron chi connectivity index (χ0n) is 11.9. The van der Waals surface area contributed by atoms with Crippen LogP contribution >= 0.6 is 0 Å². The Labute approximate surface area is 118 Å². The van der Waals surface area contributed by atoms with Gasteiger partial charge in [-0.3, -0.25) is 0 Å². The lowest BCUT2D eigenvalue weighted by Gasteiger charge is -2.29. The summed E-state index contributed by atoms with van der Waals surface area (Å²) in [6.45, 7) is 4.04. The molecular formula is C15H21NO4. The molecule has 1 fully saturated rings. The number of nitrogens with one attached hydrogen (secondary N) is 1. The molecule has 0 aliphatic carbocycles. The van der Waals surface area contributed by atoms with E-state index in [1.165, 1.54) is 12.1 Å². The molecule has 1 aliphatic rings. The van der Waals surface area contributed by atoms with Crippen molar-refractivity contribution >= 4 is 5.97 Å². The highest BCUT2D eigenvalue weighted by molar-refractivity contribution is 5.88. The van der Waals surface area contributed by atoms with E-state index in [0.29, 0.717) is 17.4 Å². The van der Waals surface area contributed by atoms with Crippen molar-refractivity contribution < 1.29 is 19.4 Å². The van der Waals surface area contributed by atoms with E-state index in [2.05, 4.69) is 5.32 Å². The number of carboxylic acid groups (broad SMARTS) is 1. The third-order valence-corrected chi connectivity index (χ3v) is 3.77. The number of carboxylic acids is 1. The molecule has 1 unspecified atom stereocenters. The van der Waals surface area contributed by atoms with Crippen LogP contribution in [0.5, 0.6) is 11.5 Å². The zero-order chi connectivity index (χ0) is 14.5. The lowest BCUT2D eigenvalue weighted by molar-refractivity contribution is 0.0695. The Morgan fingerprint density at radius 3 is 2.65 bits per heavy atom. The lowest BCUT2D eigenvalue weighted by Crippen LogP contribution is -2.35. The fourth-order valence-corrected chi connectivity index (χ4v) is 2.51. The van der Waals surface area contributed by atoms with Crippen LogP contribution in [0.1, 0.15) is 30.1 Å². The van der Waals surface area contributed by atoms with Gasteiger partial charge in [0.15, 0.2) is 11.5 Å². The van der Waals surface area contributed by atoms with Crippen LogP contribution in [0.4, 0.5) is 0 Å². The second-order valence-electron chi connectivity index (χ2n) is 5.08. The van der Waals surface area contributed by atoms with Crippen LogP contribution in [0, 0.1) is 5.92 Å². The molecule has 1 saturated heterocycles. The maximum absolute atomic E-state index is 11.0. The number of aromatic carboxylic acids is 1. The monoisotopic (exact) mass is 279 g/mol. The number of ether oxygens (including phenoxy) is 2. The van der Waals surface area contributed by atoms with Crippen molar-refractivity contribution in [3.63, 3.8) is 0 Å². The van der Waals surface area contributed by atoms with Gasteiger partial charge in [-0.2, -0.15) is 0 Å². The van der Waals surface area contributed by atoms with Gasteiger partial charge >= 0.3 is 5.97 Å². The third-order valence-electron chi connectivity index (χ3n) is 3.77. The van der Waals surface area contributed by atoms with Crippen molar-refractivity contribution in [2.24, 2.45) is 5.92 Å². The van der Waals surface area contributed by atoms with Gasteiger partial charge in [-0.05, 0) is 57.0 Å². The van der Waals surface area contributed by atoms with Gasteiger partial charge in [0.05, 0.1) is 18.8 Å². The molecule has 0 amide bonds. The summed E-state index contributed by atoms with van der Waals surface area (Å²) in [4.78, 5) is 11.0. The first kappa shape index (κ1) is 14.7. The second kappa shape index (κ2) is 6.61. The highest BCUT2D eigenvalue weighted by atomic mass is 16.5. The summed E-state index contributed by atoms with van der Waals surface area (Å²) in [6, 6.07) is 4.68. The fraction of sp³-hybridized carbons (Fsp3) is 0.533. The van der Waals surface area contributed by atoms with E-state index in [0.717, 1.165) is 25.9 Å². The Morgan fingerprint density at radius 1 is 1.35 bits per heavy atom. The summed E-state index contributed by atoms with van der Waals surface area (Å²) in [7, 11) is 1.55. The SMILES string of the molecule is COc1ccc(C(=O)O)cc1OC(C)C1CCNCC1. The maximum Gasteiger partial charge on any atom is 0.335 e. The number of benzene rings is 1. The number of piperidine rings is 1. The molecule has 5 nitrogen and oxygen atoms in total. The third kappa shape index (κ3) is 3.42. The molecule has 110 valence electrons. The van der Waals surface area contributed by atoms with Gasteiger partial charge in [-0.25, -0.2) is 4.79 Å². The summed E-state index contributed by atoms with van der Waals surface area (Å²) in [5.74, 6) is 0.579. The molecule has 0 spiro atoms. The summed E-state index contributed by atoms with van der Waals surface area (Å²) in [6.07, 6.45) is 2.18. The molecule has 1 atom stereocenters. The largest absolute Gasteiger partial charge is 0.493 e. The topological polar surface area (TPSA) is 67.8 Å². The summed E-state index contributed by atoms with van der Waals surface area (Å²) < 4.78 is 11.2. The molecule has 0 saturated carbocycles. The smallest absolute Gasteiger partial charge is 0.335 e. The van der Waals surface area contributed by atoms with Gasteiger partial charge in [0.2, 0.25) is 0 Å². The molecule has 5 heteroatoms. The Morgan fingerprint density at radius 2 is 2.05 bits per heavy atom. The summed E-state index contributed by atoms with van der Waals surface area (Å²) in [5, 5.41) is 12.4. The molecule has 1 aliphatic heterocycles. The second-order valence-corrected chi connectivity index (χ2v) is 5.08. The van der Waals surface area contributed by atoms with Crippen molar-refractivity contribution in [1.29, 1.82) is 0 Å². The van der Waals surface area contributed by atoms with E-state index in [-0.39, 0.29) is 11.7 Å². The van der Waals surface area contributed by atoms with Crippen molar-refractivity contribution in [3.05, 3.63) is 23.8 Å². The molecule has 20 heavy (non-hydrogen) atoms. The predicted octanol–water partition coefficient (Wildman–Crippen LogP) is 2.16. The lowest BCUT2D eigenvalue weighted by atomic mass is 9.93. The van der Waals surface area contributed by atoms with Crippen LogP contribution in [0.25, 0.3) is 0 Å². The minimum Gasteiger partial charge on any atom is -0.493 e. The number of rotatable bonds is 5. The van der Waals surface area contributed by atoms with Gasteiger partial charge in [0.25, 0.3) is 0 Å². The van der Waals surface area contributed by atoms with Crippen molar-refractivity contribution in [2.45, 2.75) is 25.9 Å².